The van der Waals surface area contributed by atoms with E-state index < -0.39 is 0 Å². The molecule has 0 unspecified atom stereocenters. The second kappa shape index (κ2) is 4.43. The zero-order valence-corrected chi connectivity index (χ0v) is 10.1. The van der Waals surface area contributed by atoms with Crippen LogP contribution >= 0.6 is 0 Å². The van der Waals surface area contributed by atoms with Crippen molar-refractivity contribution in [2.24, 2.45) is 0 Å². The summed E-state index contributed by atoms with van der Waals surface area (Å²) in [4.78, 5) is 1.69. The fourth-order valence-corrected chi connectivity index (χ4v) is 2.26. The number of quaternary nitrogens is 1. The number of nitrogens with one attached hydrogen (secondary N) is 1. The second-order valence-corrected chi connectivity index (χ2v) is 5.25. The Kier molecular flexibility index (Phi) is 4.40. The summed E-state index contributed by atoms with van der Waals surface area (Å²) in [7, 11) is 3.33. The molecule has 0 aromatic heterocycles. The molecule has 80 valence electrons. The molecule has 1 heterocycles. The highest BCUT2D eigenvalue weighted by Crippen LogP contribution is 2.22. The van der Waals surface area contributed by atoms with Crippen molar-refractivity contribution < 1.29 is 10.0 Å². The summed E-state index contributed by atoms with van der Waals surface area (Å²) in [6, 6.07) is 0. The molecule has 13 heavy (non-hydrogen) atoms. The molecule has 0 saturated carbocycles. The number of hydrogen-bond donors (Lipinski definition) is 2. The number of likely N-dealkylation sites (tertiary alicyclic amines) is 1. The fraction of sp³-hybridized carbons (Fsp3) is 1.00. The van der Waals surface area contributed by atoms with Gasteiger partial charge in [-0.15, -0.1) is 0 Å². The largest absolute Gasteiger partial charge is 0.400 e. The van der Waals surface area contributed by atoms with Gasteiger partial charge >= 0.3 is 0 Å². The molecule has 2 N–H and O–H groups in total. The van der Waals surface area contributed by atoms with E-state index in [-0.39, 0.29) is 0 Å². The Morgan fingerprint density at radius 3 is 1.46 bits per heavy atom. The summed E-state index contributed by atoms with van der Waals surface area (Å²) in [5, 5.41) is 7.00. The van der Waals surface area contributed by atoms with Gasteiger partial charge in [0.2, 0.25) is 0 Å². The molecule has 0 aliphatic carbocycles. The molecule has 1 aliphatic rings. The van der Waals surface area contributed by atoms with Gasteiger partial charge in [0, 0.05) is 20.0 Å². The molecule has 0 amide bonds. The van der Waals surface area contributed by atoms with Gasteiger partial charge in [-0.25, -0.2) is 0 Å². The smallest absolute Gasteiger partial charge is 0.0921 e. The molecular weight excluding hydrogens is 162 g/mol. The van der Waals surface area contributed by atoms with Crippen LogP contribution in [0.1, 0.15) is 47.0 Å². The maximum atomic E-state index is 7.00. The van der Waals surface area contributed by atoms with Crippen molar-refractivity contribution in [2.45, 2.75) is 58.0 Å². The van der Waals surface area contributed by atoms with Crippen LogP contribution in [0.5, 0.6) is 0 Å². The van der Waals surface area contributed by atoms with E-state index in [9.17, 15) is 0 Å². The number of piperidine rings is 1. The molecule has 0 radical (unpaired) electrons. The summed E-state index contributed by atoms with van der Waals surface area (Å²) < 4.78 is 0. The molecule has 0 aromatic rings. The number of hydrogen-bond acceptors (Lipinski definition) is 1. The quantitative estimate of drug-likeness (QED) is 0.579. The highest BCUT2D eigenvalue weighted by atomic mass is 16.2. The van der Waals surface area contributed by atoms with Crippen LogP contribution in [0.15, 0.2) is 0 Å². The summed E-state index contributed by atoms with van der Waals surface area (Å²) >= 11 is 0. The molecule has 0 aromatic carbocycles. The maximum absolute atomic E-state index is 7.00. The fourth-order valence-electron chi connectivity index (χ4n) is 2.26. The molecular formula is C11H26NO+. The van der Waals surface area contributed by atoms with Crippen LogP contribution in [0.2, 0.25) is 0 Å². The van der Waals surface area contributed by atoms with Crippen LogP contribution in [-0.2, 0) is 0 Å². The van der Waals surface area contributed by atoms with Gasteiger partial charge in [-0.1, -0.05) is 0 Å². The van der Waals surface area contributed by atoms with Crippen LogP contribution in [0.25, 0.3) is 0 Å². The average molecular weight is 188 g/mol. The Balaban J connectivity index is 0.000000671. The van der Waals surface area contributed by atoms with E-state index in [0.29, 0.717) is 11.1 Å². The molecule has 0 spiro atoms. The highest BCUT2D eigenvalue weighted by Gasteiger charge is 2.42. The van der Waals surface area contributed by atoms with Gasteiger partial charge in [0.05, 0.1) is 18.1 Å². The monoisotopic (exact) mass is 188 g/mol. The molecule has 1 rings (SSSR count). The Morgan fingerprint density at radius 1 is 0.923 bits per heavy atom. The van der Waals surface area contributed by atoms with Crippen LogP contribution in [0, 0.1) is 0 Å². The average Bonchev–Trinajstić information content (AvgIpc) is 2.04. The van der Waals surface area contributed by atoms with E-state index in [0.717, 1.165) is 7.11 Å². The van der Waals surface area contributed by atoms with E-state index in [1.165, 1.54) is 19.3 Å². The number of aliphatic hydroxyl groups is 1. The van der Waals surface area contributed by atoms with Crippen LogP contribution in [0.3, 0.4) is 0 Å². The third kappa shape index (κ3) is 2.96. The Morgan fingerprint density at radius 2 is 1.23 bits per heavy atom. The molecule has 2 heteroatoms. The Bertz CT molecular complexity index is 136. The van der Waals surface area contributed by atoms with E-state index in [4.69, 9.17) is 5.11 Å². The summed E-state index contributed by atoms with van der Waals surface area (Å²) in [5.41, 5.74) is 0.976. The second-order valence-electron chi connectivity index (χ2n) is 5.25. The van der Waals surface area contributed by atoms with Crippen LogP contribution in [0.4, 0.5) is 0 Å². The van der Waals surface area contributed by atoms with Crippen LogP contribution in [-0.4, -0.2) is 30.3 Å². The standard InChI is InChI=1S/C10H21N.CH4O/c1-9(2)7-6-8-10(3,4)11(9)5;1-2/h6-8H2,1-5H3;2H,1H3/p+1. The molecule has 1 aliphatic heterocycles. The lowest BCUT2D eigenvalue weighted by Gasteiger charge is -2.47. The Labute approximate surface area is 82.9 Å². The van der Waals surface area contributed by atoms with Crippen LogP contribution < -0.4 is 4.90 Å². The molecule has 1 saturated heterocycles. The minimum Gasteiger partial charge on any atom is -0.400 e. The first kappa shape index (κ1) is 12.9. The zero-order chi connectivity index (χ0) is 10.7. The lowest BCUT2D eigenvalue weighted by Crippen LogP contribution is -3.24. The van der Waals surface area contributed by atoms with Gasteiger partial charge in [-0.3, -0.25) is 0 Å². The molecule has 1 fully saturated rings. The van der Waals surface area contributed by atoms with Gasteiger partial charge in [0.25, 0.3) is 0 Å². The first-order chi connectivity index (χ1) is 5.86. The van der Waals surface area contributed by atoms with E-state index in [1.54, 1.807) is 4.90 Å². The van der Waals surface area contributed by atoms with E-state index in [1.807, 2.05) is 0 Å². The zero-order valence-electron chi connectivity index (χ0n) is 10.1. The topological polar surface area (TPSA) is 24.7 Å². The van der Waals surface area contributed by atoms with Gasteiger partial charge in [0.15, 0.2) is 0 Å². The van der Waals surface area contributed by atoms with Gasteiger partial charge < -0.3 is 10.0 Å². The van der Waals surface area contributed by atoms with Crippen molar-refractivity contribution >= 4 is 0 Å². The first-order valence-electron chi connectivity index (χ1n) is 5.15. The minimum atomic E-state index is 0.488. The lowest BCUT2D eigenvalue weighted by atomic mass is 9.80. The summed E-state index contributed by atoms with van der Waals surface area (Å²) in [5.74, 6) is 0. The number of rotatable bonds is 0. The number of aliphatic hydroxyl groups excluding tert-OH is 1. The normalized spacial score (nSPS) is 26.1. The van der Waals surface area contributed by atoms with Crippen molar-refractivity contribution in [1.82, 2.24) is 0 Å². The summed E-state index contributed by atoms with van der Waals surface area (Å²) in [6.07, 6.45) is 4.15. The molecule has 0 atom stereocenters. The van der Waals surface area contributed by atoms with Crippen molar-refractivity contribution in [1.29, 1.82) is 0 Å². The van der Waals surface area contributed by atoms with Crippen molar-refractivity contribution in [3.05, 3.63) is 0 Å². The molecule has 0 bridgehead atoms. The van der Waals surface area contributed by atoms with E-state index in [2.05, 4.69) is 34.7 Å². The predicted octanol–water partition coefficient (Wildman–Crippen LogP) is 0.851. The first-order valence-corrected chi connectivity index (χ1v) is 5.15. The van der Waals surface area contributed by atoms with Crippen molar-refractivity contribution in [2.75, 3.05) is 14.2 Å². The van der Waals surface area contributed by atoms with E-state index >= 15 is 0 Å². The summed E-state index contributed by atoms with van der Waals surface area (Å²) in [6.45, 7) is 9.51. The SMILES string of the molecule is CO.C[NH+]1C(C)(C)CCCC1(C)C. The van der Waals surface area contributed by atoms with Gasteiger partial charge in [0.1, 0.15) is 0 Å². The Hall–Kier alpha value is -0.0800. The van der Waals surface area contributed by atoms with Crippen molar-refractivity contribution in [3.8, 4) is 0 Å². The third-order valence-electron chi connectivity index (χ3n) is 3.63. The third-order valence-corrected chi connectivity index (χ3v) is 3.63. The van der Waals surface area contributed by atoms with Crippen molar-refractivity contribution in [3.63, 3.8) is 0 Å². The lowest BCUT2D eigenvalue weighted by molar-refractivity contribution is -0.982. The minimum absolute atomic E-state index is 0.488. The van der Waals surface area contributed by atoms with Gasteiger partial charge in [-0.05, 0) is 34.1 Å². The van der Waals surface area contributed by atoms with Gasteiger partial charge in [-0.2, -0.15) is 0 Å². The predicted molar refractivity (Wildman–Crippen MR) is 57.0 cm³/mol. The maximum Gasteiger partial charge on any atom is 0.0921 e. The highest BCUT2D eigenvalue weighted by molar-refractivity contribution is 4.79. The molecule has 2 nitrogen and oxygen atoms in total.